The minimum atomic E-state index is -0.442. The van der Waals surface area contributed by atoms with Crippen molar-refractivity contribution in [3.8, 4) is 5.75 Å². The Bertz CT molecular complexity index is 759. The number of methoxy groups -OCH3 is 1. The molecule has 1 fully saturated rings. The number of amides is 1. The number of rotatable bonds is 5. The third-order valence-electron chi connectivity index (χ3n) is 4.48. The second-order valence-electron chi connectivity index (χ2n) is 6.45. The standard InChI is InChI=1S/C18H24N4O3/c1-12-7-17(21(2)20-12)19-18(24)11-22-10-14(23)9-16(22)13-5-4-6-15(8-13)25-3/h4-8,14,16,23H,9-11H2,1-3H3,(H,19,24)/t14-,16+/m1/s1. The van der Waals surface area contributed by atoms with Crippen LogP contribution in [0.1, 0.15) is 23.7 Å². The van der Waals surface area contributed by atoms with Gasteiger partial charge in [-0.2, -0.15) is 5.10 Å². The van der Waals surface area contributed by atoms with Crippen LogP contribution >= 0.6 is 0 Å². The number of anilines is 1. The fraction of sp³-hybridized carbons (Fsp3) is 0.444. The van der Waals surface area contributed by atoms with E-state index in [4.69, 9.17) is 4.74 Å². The van der Waals surface area contributed by atoms with Crippen molar-refractivity contribution in [1.29, 1.82) is 0 Å². The van der Waals surface area contributed by atoms with Crippen LogP contribution in [0, 0.1) is 6.92 Å². The van der Waals surface area contributed by atoms with Crippen LogP contribution in [0.3, 0.4) is 0 Å². The first-order valence-electron chi connectivity index (χ1n) is 8.33. The number of ether oxygens (including phenoxy) is 1. The number of aliphatic hydroxyl groups is 1. The zero-order chi connectivity index (χ0) is 18.0. The van der Waals surface area contributed by atoms with E-state index in [9.17, 15) is 9.90 Å². The van der Waals surface area contributed by atoms with Gasteiger partial charge in [0.15, 0.2) is 0 Å². The van der Waals surface area contributed by atoms with E-state index in [1.807, 2.05) is 42.2 Å². The van der Waals surface area contributed by atoms with Crippen molar-refractivity contribution in [3.05, 3.63) is 41.6 Å². The molecule has 0 saturated carbocycles. The van der Waals surface area contributed by atoms with Gasteiger partial charge in [-0.1, -0.05) is 12.1 Å². The van der Waals surface area contributed by atoms with Gasteiger partial charge in [-0.3, -0.25) is 14.4 Å². The molecule has 1 amide bonds. The van der Waals surface area contributed by atoms with Gasteiger partial charge < -0.3 is 15.2 Å². The maximum atomic E-state index is 12.4. The minimum Gasteiger partial charge on any atom is -0.497 e. The molecule has 7 nitrogen and oxygen atoms in total. The Balaban J connectivity index is 1.71. The van der Waals surface area contributed by atoms with Gasteiger partial charge in [0, 0.05) is 25.7 Å². The van der Waals surface area contributed by atoms with Crippen molar-refractivity contribution >= 4 is 11.7 Å². The Hall–Kier alpha value is -2.38. The summed E-state index contributed by atoms with van der Waals surface area (Å²) in [6.45, 7) is 2.56. The van der Waals surface area contributed by atoms with E-state index in [-0.39, 0.29) is 18.5 Å². The molecule has 7 heteroatoms. The van der Waals surface area contributed by atoms with Crippen molar-refractivity contribution in [2.45, 2.75) is 25.5 Å². The average molecular weight is 344 g/mol. The number of aliphatic hydroxyl groups excluding tert-OH is 1. The quantitative estimate of drug-likeness (QED) is 0.859. The van der Waals surface area contributed by atoms with E-state index in [0.29, 0.717) is 18.8 Å². The summed E-state index contributed by atoms with van der Waals surface area (Å²) in [5.41, 5.74) is 1.89. The zero-order valence-corrected chi connectivity index (χ0v) is 14.8. The largest absolute Gasteiger partial charge is 0.497 e. The molecule has 0 bridgehead atoms. The molecule has 3 rings (SSSR count). The summed E-state index contributed by atoms with van der Waals surface area (Å²) < 4.78 is 6.93. The average Bonchev–Trinajstić information content (AvgIpc) is 3.09. The summed E-state index contributed by atoms with van der Waals surface area (Å²) in [7, 11) is 3.42. The SMILES string of the molecule is COc1cccc([C@@H]2C[C@@H](O)CN2CC(=O)Nc2cc(C)nn2C)c1. The molecule has 2 N–H and O–H groups in total. The first kappa shape index (κ1) is 17.4. The third kappa shape index (κ3) is 4.00. The zero-order valence-electron chi connectivity index (χ0n) is 14.8. The molecule has 1 aliphatic heterocycles. The van der Waals surface area contributed by atoms with Gasteiger partial charge in [0.25, 0.3) is 0 Å². The van der Waals surface area contributed by atoms with E-state index in [2.05, 4.69) is 10.4 Å². The van der Waals surface area contributed by atoms with E-state index < -0.39 is 6.10 Å². The number of β-amino-alcohol motifs (C(OH)–C–C–N with tert-alkyl or cyclic N) is 1. The van der Waals surface area contributed by atoms with Crippen molar-refractivity contribution in [1.82, 2.24) is 14.7 Å². The number of nitrogens with zero attached hydrogens (tertiary/aromatic N) is 3. The highest BCUT2D eigenvalue weighted by Gasteiger charge is 2.33. The Morgan fingerprint density at radius 1 is 1.44 bits per heavy atom. The molecule has 0 unspecified atom stereocenters. The topological polar surface area (TPSA) is 79.6 Å². The predicted octanol–water partition coefficient (Wildman–Crippen LogP) is 1.48. The number of aromatic nitrogens is 2. The van der Waals surface area contributed by atoms with Gasteiger partial charge in [0.05, 0.1) is 25.5 Å². The lowest BCUT2D eigenvalue weighted by molar-refractivity contribution is -0.117. The van der Waals surface area contributed by atoms with E-state index in [1.54, 1.807) is 18.8 Å². The molecule has 0 spiro atoms. The summed E-state index contributed by atoms with van der Waals surface area (Å²) >= 11 is 0. The van der Waals surface area contributed by atoms with Crippen molar-refractivity contribution in [3.63, 3.8) is 0 Å². The van der Waals surface area contributed by atoms with E-state index in [0.717, 1.165) is 17.0 Å². The summed E-state index contributed by atoms with van der Waals surface area (Å²) in [4.78, 5) is 14.4. The van der Waals surface area contributed by atoms with Crippen LogP contribution < -0.4 is 10.1 Å². The fourth-order valence-corrected chi connectivity index (χ4v) is 3.34. The van der Waals surface area contributed by atoms with Crippen LogP contribution in [0.5, 0.6) is 5.75 Å². The molecule has 0 radical (unpaired) electrons. The minimum absolute atomic E-state index is 0.0101. The lowest BCUT2D eigenvalue weighted by atomic mass is 10.0. The van der Waals surface area contributed by atoms with Gasteiger partial charge in [0.1, 0.15) is 11.6 Å². The smallest absolute Gasteiger partial charge is 0.239 e. The summed E-state index contributed by atoms with van der Waals surface area (Å²) in [6, 6.07) is 9.59. The molecule has 25 heavy (non-hydrogen) atoms. The Morgan fingerprint density at radius 2 is 2.24 bits per heavy atom. The van der Waals surface area contributed by atoms with Gasteiger partial charge >= 0.3 is 0 Å². The van der Waals surface area contributed by atoms with Crippen molar-refractivity contribution in [2.75, 3.05) is 25.5 Å². The fourth-order valence-electron chi connectivity index (χ4n) is 3.34. The predicted molar refractivity (Wildman–Crippen MR) is 94.5 cm³/mol. The summed E-state index contributed by atoms with van der Waals surface area (Å²) in [5.74, 6) is 1.32. The number of likely N-dealkylation sites (tertiary alicyclic amines) is 1. The highest BCUT2D eigenvalue weighted by molar-refractivity contribution is 5.91. The molecular formula is C18H24N4O3. The van der Waals surface area contributed by atoms with Gasteiger partial charge in [0.2, 0.25) is 5.91 Å². The Morgan fingerprint density at radius 3 is 2.92 bits per heavy atom. The highest BCUT2D eigenvalue weighted by atomic mass is 16.5. The van der Waals surface area contributed by atoms with Crippen LogP contribution in [-0.4, -0.2) is 52.0 Å². The molecular weight excluding hydrogens is 320 g/mol. The number of benzene rings is 1. The second kappa shape index (κ2) is 7.25. The maximum Gasteiger partial charge on any atom is 0.239 e. The van der Waals surface area contributed by atoms with Crippen molar-refractivity contribution in [2.24, 2.45) is 7.05 Å². The number of hydrogen-bond donors (Lipinski definition) is 2. The molecule has 1 saturated heterocycles. The lowest BCUT2D eigenvalue weighted by Crippen LogP contribution is -2.34. The normalized spacial score (nSPS) is 20.6. The Labute approximate surface area is 147 Å². The lowest BCUT2D eigenvalue weighted by Gasteiger charge is -2.24. The monoisotopic (exact) mass is 344 g/mol. The van der Waals surface area contributed by atoms with Gasteiger partial charge in [-0.25, -0.2) is 0 Å². The third-order valence-corrected chi connectivity index (χ3v) is 4.48. The number of aryl methyl sites for hydroxylation is 2. The molecule has 1 aromatic carbocycles. The molecule has 2 atom stereocenters. The Kier molecular flexibility index (Phi) is 5.06. The first-order chi connectivity index (χ1) is 12.0. The summed E-state index contributed by atoms with van der Waals surface area (Å²) in [6.07, 6.45) is 0.161. The molecule has 134 valence electrons. The number of carbonyl (C=O) groups excluding carboxylic acids is 1. The number of nitrogens with one attached hydrogen (secondary N) is 1. The molecule has 1 aromatic heterocycles. The van der Waals surface area contributed by atoms with Crippen LogP contribution in [0.2, 0.25) is 0 Å². The highest BCUT2D eigenvalue weighted by Crippen LogP contribution is 2.33. The first-order valence-corrected chi connectivity index (χ1v) is 8.33. The van der Waals surface area contributed by atoms with Crippen molar-refractivity contribution < 1.29 is 14.6 Å². The number of carbonyl (C=O) groups is 1. The van der Waals surface area contributed by atoms with E-state index in [1.165, 1.54) is 0 Å². The van der Waals surface area contributed by atoms with Gasteiger partial charge in [-0.05, 0) is 31.0 Å². The molecule has 0 aliphatic carbocycles. The van der Waals surface area contributed by atoms with Crippen LogP contribution in [0.15, 0.2) is 30.3 Å². The van der Waals surface area contributed by atoms with Crippen LogP contribution in [-0.2, 0) is 11.8 Å². The number of hydrogen-bond acceptors (Lipinski definition) is 5. The molecule has 2 heterocycles. The molecule has 2 aromatic rings. The summed E-state index contributed by atoms with van der Waals surface area (Å²) in [5, 5.41) is 17.2. The van der Waals surface area contributed by atoms with Gasteiger partial charge in [-0.15, -0.1) is 0 Å². The van der Waals surface area contributed by atoms with E-state index >= 15 is 0 Å². The van der Waals surface area contributed by atoms with Crippen LogP contribution in [0.4, 0.5) is 5.82 Å². The maximum absolute atomic E-state index is 12.4. The second-order valence-corrected chi connectivity index (χ2v) is 6.45. The molecule has 1 aliphatic rings. The van der Waals surface area contributed by atoms with Crippen LogP contribution in [0.25, 0.3) is 0 Å².